The van der Waals surface area contributed by atoms with E-state index in [0.29, 0.717) is 23.9 Å². The van der Waals surface area contributed by atoms with E-state index in [4.69, 9.17) is 0 Å². The summed E-state index contributed by atoms with van der Waals surface area (Å²) in [6.07, 6.45) is 3.41. The van der Waals surface area contributed by atoms with E-state index in [1.807, 2.05) is 31.2 Å². The van der Waals surface area contributed by atoms with Gasteiger partial charge in [0.1, 0.15) is 0 Å². The van der Waals surface area contributed by atoms with Gasteiger partial charge in [-0.1, -0.05) is 32.0 Å². The first-order valence-corrected chi connectivity index (χ1v) is 11.3. The van der Waals surface area contributed by atoms with Gasteiger partial charge in [0.15, 0.2) is 0 Å². The first-order valence-electron chi connectivity index (χ1n) is 9.84. The van der Waals surface area contributed by atoms with Gasteiger partial charge in [-0.25, -0.2) is 13.2 Å². The van der Waals surface area contributed by atoms with Crippen LogP contribution < -0.4 is 5.32 Å². The molecule has 156 valence electrons. The second-order valence-corrected chi connectivity index (χ2v) is 9.51. The first-order chi connectivity index (χ1) is 13.8. The van der Waals surface area contributed by atoms with Crippen LogP contribution in [0.5, 0.6) is 0 Å². The average Bonchev–Trinajstić information content (AvgIpc) is 2.74. The van der Waals surface area contributed by atoms with Crippen LogP contribution in [0.25, 0.3) is 0 Å². The second-order valence-electron chi connectivity index (χ2n) is 7.57. The Kier molecular flexibility index (Phi) is 6.54. The van der Waals surface area contributed by atoms with Crippen molar-refractivity contribution in [1.82, 2.24) is 19.5 Å². The largest absolute Gasteiger partial charge is 0.331 e. The lowest BCUT2D eigenvalue weighted by molar-refractivity contribution is 0.169. The number of carbonyl (C=O) groups excluding carboxylic acids is 1. The molecule has 0 saturated carbocycles. The van der Waals surface area contributed by atoms with E-state index in [9.17, 15) is 13.2 Å². The highest BCUT2D eigenvalue weighted by molar-refractivity contribution is 7.89. The summed E-state index contributed by atoms with van der Waals surface area (Å²) in [7, 11) is -3.55. The number of carbonyl (C=O) groups is 1. The summed E-state index contributed by atoms with van der Waals surface area (Å²) in [4.78, 5) is 18.6. The van der Waals surface area contributed by atoms with Crippen molar-refractivity contribution in [3.63, 3.8) is 0 Å². The van der Waals surface area contributed by atoms with E-state index in [-0.39, 0.29) is 25.2 Å². The van der Waals surface area contributed by atoms with E-state index in [1.165, 1.54) is 4.31 Å². The molecule has 8 heteroatoms. The molecule has 1 aromatic heterocycles. The van der Waals surface area contributed by atoms with E-state index < -0.39 is 10.0 Å². The molecule has 2 amide bonds. The number of hydrogen-bond acceptors (Lipinski definition) is 4. The lowest BCUT2D eigenvalue weighted by Gasteiger charge is -2.34. The van der Waals surface area contributed by atoms with Gasteiger partial charge in [-0.2, -0.15) is 4.31 Å². The van der Waals surface area contributed by atoms with E-state index in [2.05, 4.69) is 24.1 Å². The van der Waals surface area contributed by atoms with Gasteiger partial charge in [-0.05, 0) is 42.2 Å². The summed E-state index contributed by atoms with van der Waals surface area (Å²) in [6, 6.07) is 10.4. The number of piperazine rings is 1. The molecule has 7 nitrogen and oxygen atoms in total. The maximum absolute atomic E-state index is 12.9. The summed E-state index contributed by atoms with van der Waals surface area (Å²) in [6.45, 7) is 7.32. The molecule has 0 bridgehead atoms. The number of urea groups is 1. The van der Waals surface area contributed by atoms with Crippen molar-refractivity contribution in [2.24, 2.45) is 0 Å². The summed E-state index contributed by atoms with van der Waals surface area (Å²) in [5.41, 5.74) is 2.03. The quantitative estimate of drug-likeness (QED) is 0.812. The number of sulfonamides is 1. The maximum atomic E-state index is 12.9. The van der Waals surface area contributed by atoms with Gasteiger partial charge in [0, 0.05) is 38.6 Å². The summed E-state index contributed by atoms with van der Waals surface area (Å²) in [5, 5.41) is 2.95. The minimum absolute atomic E-state index is 0.169. The topological polar surface area (TPSA) is 82.6 Å². The molecule has 0 unspecified atom stereocenters. The number of hydrogen-bond donors (Lipinski definition) is 1. The van der Waals surface area contributed by atoms with Crippen molar-refractivity contribution < 1.29 is 13.2 Å². The Morgan fingerprint density at radius 1 is 1.00 bits per heavy atom. The normalized spacial score (nSPS) is 16.6. The summed E-state index contributed by atoms with van der Waals surface area (Å²) >= 11 is 0. The van der Waals surface area contributed by atoms with Crippen LogP contribution in [0.2, 0.25) is 0 Å². The van der Waals surface area contributed by atoms with Gasteiger partial charge in [0.2, 0.25) is 10.0 Å². The number of rotatable bonds is 5. The van der Waals surface area contributed by atoms with Crippen LogP contribution >= 0.6 is 0 Å². The molecule has 2 heterocycles. The van der Waals surface area contributed by atoms with Gasteiger partial charge >= 0.3 is 6.03 Å². The fraction of sp³-hybridized carbons (Fsp3) is 0.429. The predicted octanol–water partition coefficient (Wildman–Crippen LogP) is 2.98. The third kappa shape index (κ3) is 4.94. The van der Waals surface area contributed by atoms with Gasteiger partial charge in [-0.3, -0.25) is 4.98 Å². The molecule has 2 aromatic rings. The fourth-order valence-electron chi connectivity index (χ4n) is 3.30. The van der Waals surface area contributed by atoms with Gasteiger partial charge in [0.25, 0.3) is 0 Å². The molecule has 1 saturated heterocycles. The molecule has 1 atom stereocenters. The maximum Gasteiger partial charge on any atom is 0.317 e. The first kappa shape index (κ1) is 21.3. The Morgan fingerprint density at radius 2 is 1.66 bits per heavy atom. The van der Waals surface area contributed by atoms with E-state index in [1.54, 1.807) is 29.4 Å². The standard InChI is InChI=1S/C21H28N4O3S/c1-16(2)18-6-8-20(9-7-18)29(27,28)25-13-11-24(12-14-25)21(26)23-17(3)19-5-4-10-22-15-19/h4-10,15-17H,11-14H2,1-3H3,(H,23,26)/t17-/m1/s1. The van der Waals surface area contributed by atoms with Crippen molar-refractivity contribution in [2.75, 3.05) is 26.2 Å². The minimum Gasteiger partial charge on any atom is -0.331 e. The Hall–Kier alpha value is -2.45. The molecule has 1 fully saturated rings. The third-order valence-corrected chi connectivity index (χ3v) is 7.15. The third-order valence-electron chi connectivity index (χ3n) is 5.23. The number of amides is 2. The SMILES string of the molecule is CC(C)c1ccc(S(=O)(=O)N2CCN(C(=O)N[C@H](C)c3cccnc3)CC2)cc1. The molecular weight excluding hydrogens is 388 g/mol. The monoisotopic (exact) mass is 416 g/mol. The second kappa shape index (κ2) is 8.92. The molecule has 1 aliphatic heterocycles. The van der Waals surface area contributed by atoms with Crippen molar-refractivity contribution in [3.8, 4) is 0 Å². The molecule has 29 heavy (non-hydrogen) atoms. The van der Waals surface area contributed by atoms with Crippen LogP contribution in [0.3, 0.4) is 0 Å². The highest BCUT2D eigenvalue weighted by atomic mass is 32.2. The number of nitrogens with one attached hydrogen (secondary N) is 1. The zero-order chi connectivity index (χ0) is 21.0. The van der Waals surface area contributed by atoms with Crippen molar-refractivity contribution in [2.45, 2.75) is 37.6 Å². The fourth-order valence-corrected chi connectivity index (χ4v) is 4.72. The van der Waals surface area contributed by atoms with Crippen molar-refractivity contribution in [1.29, 1.82) is 0 Å². The lowest BCUT2D eigenvalue weighted by Crippen LogP contribution is -2.53. The van der Waals surface area contributed by atoms with Crippen LogP contribution in [-0.4, -0.2) is 54.8 Å². The molecule has 1 aromatic carbocycles. The molecule has 0 radical (unpaired) electrons. The zero-order valence-corrected chi connectivity index (χ0v) is 17.9. The molecular formula is C21H28N4O3S. The van der Waals surface area contributed by atoms with Crippen LogP contribution in [0, 0.1) is 0 Å². The van der Waals surface area contributed by atoms with E-state index in [0.717, 1.165) is 11.1 Å². The number of aromatic nitrogens is 1. The zero-order valence-electron chi connectivity index (χ0n) is 17.1. The molecule has 1 aliphatic rings. The number of benzene rings is 1. The van der Waals surface area contributed by atoms with Crippen LogP contribution in [0.4, 0.5) is 4.79 Å². The van der Waals surface area contributed by atoms with E-state index >= 15 is 0 Å². The Morgan fingerprint density at radius 3 is 2.21 bits per heavy atom. The molecule has 0 aliphatic carbocycles. The Bertz CT molecular complexity index is 922. The number of nitrogens with zero attached hydrogens (tertiary/aromatic N) is 3. The van der Waals surface area contributed by atoms with Crippen LogP contribution in [0.1, 0.15) is 43.9 Å². The molecule has 3 rings (SSSR count). The lowest BCUT2D eigenvalue weighted by atomic mass is 10.0. The summed E-state index contributed by atoms with van der Waals surface area (Å²) in [5.74, 6) is 0.350. The molecule has 0 spiro atoms. The van der Waals surface area contributed by atoms with Gasteiger partial charge < -0.3 is 10.2 Å². The summed E-state index contributed by atoms with van der Waals surface area (Å²) < 4.78 is 27.3. The van der Waals surface area contributed by atoms with Crippen molar-refractivity contribution in [3.05, 3.63) is 59.9 Å². The highest BCUT2D eigenvalue weighted by Crippen LogP contribution is 2.21. The molecule has 1 N–H and O–H groups in total. The average molecular weight is 417 g/mol. The predicted molar refractivity (Wildman–Crippen MR) is 112 cm³/mol. The van der Waals surface area contributed by atoms with Gasteiger partial charge in [-0.15, -0.1) is 0 Å². The van der Waals surface area contributed by atoms with Crippen LogP contribution in [0.15, 0.2) is 53.7 Å². The smallest absolute Gasteiger partial charge is 0.317 e. The van der Waals surface area contributed by atoms with Gasteiger partial charge in [0.05, 0.1) is 10.9 Å². The Balaban J connectivity index is 1.58. The minimum atomic E-state index is -3.55. The van der Waals surface area contributed by atoms with Crippen LogP contribution in [-0.2, 0) is 10.0 Å². The number of pyridine rings is 1. The highest BCUT2D eigenvalue weighted by Gasteiger charge is 2.30. The van der Waals surface area contributed by atoms with Crippen molar-refractivity contribution >= 4 is 16.1 Å². The Labute approximate surface area is 172 Å².